The van der Waals surface area contributed by atoms with E-state index >= 15 is 0 Å². The van der Waals surface area contributed by atoms with Gasteiger partial charge in [-0.05, 0) is 55.3 Å². The van der Waals surface area contributed by atoms with Crippen LogP contribution in [0.2, 0.25) is 0 Å². The van der Waals surface area contributed by atoms with E-state index in [0.717, 1.165) is 16.0 Å². The van der Waals surface area contributed by atoms with Gasteiger partial charge in [0.05, 0.1) is 19.0 Å². The molecule has 0 aliphatic carbocycles. The number of aromatic nitrogens is 1. The zero-order chi connectivity index (χ0) is 18.0. The fourth-order valence-electron chi connectivity index (χ4n) is 2.32. The van der Waals surface area contributed by atoms with Gasteiger partial charge >= 0.3 is 0 Å². The van der Waals surface area contributed by atoms with Crippen LogP contribution in [0.3, 0.4) is 0 Å². The highest BCUT2D eigenvalue weighted by Gasteiger charge is 2.17. The van der Waals surface area contributed by atoms with E-state index in [-0.39, 0.29) is 5.03 Å². The van der Waals surface area contributed by atoms with E-state index in [4.69, 9.17) is 4.74 Å². The van der Waals surface area contributed by atoms with E-state index in [0.29, 0.717) is 11.4 Å². The van der Waals surface area contributed by atoms with Crippen molar-refractivity contribution in [2.75, 3.05) is 11.8 Å². The van der Waals surface area contributed by atoms with E-state index in [1.54, 1.807) is 17.4 Å². The third-order valence-electron chi connectivity index (χ3n) is 3.73. The molecule has 0 aliphatic rings. The average molecular weight is 374 g/mol. The maximum atomic E-state index is 12.6. The number of thiophene rings is 1. The molecule has 0 atom stereocenters. The molecule has 3 rings (SSSR count). The predicted octanol–water partition coefficient (Wildman–Crippen LogP) is 4.24. The van der Waals surface area contributed by atoms with Crippen molar-refractivity contribution >= 4 is 27.0 Å². The van der Waals surface area contributed by atoms with Crippen molar-refractivity contribution in [1.82, 2.24) is 4.98 Å². The number of benzene rings is 1. The van der Waals surface area contributed by atoms with Crippen LogP contribution in [0.5, 0.6) is 5.75 Å². The van der Waals surface area contributed by atoms with Gasteiger partial charge in [-0.25, -0.2) is 4.98 Å². The Balaban J connectivity index is 1.93. The van der Waals surface area contributed by atoms with Gasteiger partial charge in [0.15, 0.2) is 5.03 Å². The lowest BCUT2D eigenvalue weighted by Gasteiger charge is -2.12. The topological polar surface area (TPSA) is 68.3 Å². The summed E-state index contributed by atoms with van der Waals surface area (Å²) in [7, 11) is -2.26. The van der Waals surface area contributed by atoms with Gasteiger partial charge in [-0.3, -0.25) is 4.72 Å². The molecule has 0 saturated heterocycles. The standard InChI is InChI=1S/C18H18N2O3S2/c1-12-4-6-14(17-8-5-13(2)24-17)10-16(12)20-25(21,22)18-9-7-15(23-3)11-19-18/h4-11,20H,1-3H3. The fourth-order valence-corrected chi connectivity index (χ4v) is 4.23. The smallest absolute Gasteiger partial charge is 0.279 e. The molecule has 1 N–H and O–H groups in total. The van der Waals surface area contributed by atoms with Gasteiger partial charge in [-0.1, -0.05) is 12.1 Å². The number of ether oxygens (including phenoxy) is 1. The molecular weight excluding hydrogens is 356 g/mol. The molecule has 0 saturated carbocycles. The molecule has 1 aromatic carbocycles. The molecule has 130 valence electrons. The van der Waals surface area contributed by atoms with E-state index in [2.05, 4.69) is 9.71 Å². The van der Waals surface area contributed by atoms with Gasteiger partial charge in [0.25, 0.3) is 10.0 Å². The molecule has 25 heavy (non-hydrogen) atoms. The number of nitrogens with one attached hydrogen (secondary N) is 1. The molecule has 5 nitrogen and oxygen atoms in total. The van der Waals surface area contributed by atoms with Gasteiger partial charge in [-0.15, -0.1) is 11.3 Å². The monoisotopic (exact) mass is 374 g/mol. The van der Waals surface area contributed by atoms with Crippen LogP contribution < -0.4 is 9.46 Å². The predicted molar refractivity (Wildman–Crippen MR) is 101 cm³/mol. The van der Waals surface area contributed by atoms with Crippen molar-refractivity contribution in [3.63, 3.8) is 0 Å². The highest BCUT2D eigenvalue weighted by Crippen LogP contribution is 2.31. The fraction of sp³-hybridized carbons (Fsp3) is 0.167. The molecule has 0 unspecified atom stereocenters. The van der Waals surface area contributed by atoms with E-state index in [9.17, 15) is 8.42 Å². The van der Waals surface area contributed by atoms with Crippen molar-refractivity contribution in [3.8, 4) is 16.2 Å². The normalized spacial score (nSPS) is 11.3. The molecule has 0 spiro atoms. The number of hydrogen-bond donors (Lipinski definition) is 1. The zero-order valence-electron chi connectivity index (χ0n) is 14.1. The second kappa shape index (κ2) is 6.85. The summed E-state index contributed by atoms with van der Waals surface area (Å²) in [4.78, 5) is 6.26. The number of hydrogen-bond acceptors (Lipinski definition) is 5. The number of rotatable bonds is 5. The minimum atomic E-state index is -3.77. The number of nitrogens with zero attached hydrogens (tertiary/aromatic N) is 1. The second-order valence-electron chi connectivity index (χ2n) is 5.58. The van der Waals surface area contributed by atoms with Crippen molar-refractivity contribution in [2.45, 2.75) is 18.9 Å². The first-order valence-corrected chi connectivity index (χ1v) is 9.89. The van der Waals surface area contributed by atoms with Crippen LogP contribution in [0.1, 0.15) is 10.4 Å². The average Bonchev–Trinajstić information content (AvgIpc) is 3.03. The molecule has 0 bridgehead atoms. The van der Waals surface area contributed by atoms with Crippen molar-refractivity contribution in [3.05, 3.63) is 59.1 Å². The summed E-state index contributed by atoms with van der Waals surface area (Å²) in [6.45, 7) is 3.91. The largest absolute Gasteiger partial charge is 0.495 e. The number of sulfonamides is 1. The van der Waals surface area contributed by atoms with Crippen LogP contribution >= 0.6 is 11.3 Å². The van der Waals surface area contributed by atoms with Crippen molar-refractivity contribution < 1.29 is 13.2 Å². The highest BCUT2D eigenvalue weighted by atomic mass is 32.2. The third-order valence-corrected chi connectivity index (χ3v) is 6.06. The number of methoxy groups -OCH3 is 1. The van der Waals surface area contributed by atoms with Crippen LogP contribution in [0, 0.1) is 13.8 Å². The van der Waals surface area contributed by atoms with Crippen molar-refractivity contribution in [2.24, 2.45) is 0 Å². The molecular formula is C18H18N2O3S2. The van der Waals surface area contributed by atoms with E-state index in [1.165, 1.54) is 24.3 Å². The Morgan fingerprint density at radius 3 is 2.48 bits per heavy atom. The minimum Gasteiger partial charge on any atom is -0.495 e. The zero-order valence-corrected chi connectivity index (χ0v) is 15.7. The number of anilines is 1. The Labute approximate surface area is 151 Å². The highest BCUT2D eigenvalue weighted by molar-refractivity contribution is 7.92. The number of aryl methyl sites for hydroxylation is 2. The molecule has 2 heterocycles. The quantitative estimate of drug-likeness (QED) is 0.725. The molecule has 0 fully saturated rings. The van der Waals surface area contributed by atoms with Crippen LogP contribution in [0.15, 0.2) is 53.7 Å². The summed E-state index contributed by atoms with van der Waals surface area (Å²) in [5.74, 6) is 0.505. The first-order chi connectivity index (χ1) is 11.9. The molecule has 3 aromatic rings. The lowest BCUT2D eigenvalue weighted by molar-refractivity contribution is 0.412. The van der Waals surface area contributed by atoms with Crippen LogP contribution in [-0.2, 0) is 10.0 Å². The Hall–Kier alpha value is -2.38. The summed E-state index contributed by atoms with van der Waals surface area (Å²) in [5.41, 5.74) is 2.36. The number of pyridine rings is 1. The summed E-state index contributed by atoms with van der Waals surface area (Å²) < 4.78 is 32.8. The molecule has 7 heteroatoms. The molecule has 0 aliphatic heterocycles. The summed E-state index contributed by atoms with van der Waals surface area (Å²) in [5, 5.41) is -0.0509. The molecule has 0 amide bonds. The Bertz CT molecular complexity index is 993. The lowest BCUT2D eigenvalue weighted by Crippen LogP contribution is -2.15. The van der Waals surface area contributed by atoms with Crippen LogP contribution in [-0.4, -0.2) is 20.5 Å². The minimum absolute atomic E-state index is 0.0509. The third kappa shape index (κ3) is 3.83. The maximum Gasteiger partial charge on any atom is 0.279 e. The summed E-state index contributed by atoms with van der Waals surface area (Å²) in [6.07, 6.45) is 1.38. The Morgan fingerprint density at radius 1 is 1.08 bits per heavy atom. The second-order valence-corrected chi connectivity index (χ2v) is 8.50. The Morgan fingerprint density at radius 2 is 1.88 bits per heavy atom. The van der Waals surface area contributed by atoms with E-state index in [1.807, 2.05) is 44.2 Å². The first kappa shape index (κ1) is 17.4. The van der Waals surface area contributed by atoms with Gasteiger partial charge in [-0.2, -0.15) is 8.42 Å². The van der Waals surface area contributed by atoms with Crippen molar-refractivity contribution in [1.29, 1.82) is 0 Å². The van der Waals surface area contributed by atoms with Gasteiger partial charge in [0.2, 0.25) is 0 Å². The van der Waals surface area contributed by atoms with Crippen LogP contribution in [0.25, 0.3) is 10.4 Å². The summed E-state index contributed by atoms with van der Waals surface area (Å²) in [6, 6.07) is 12.8. The molecule has 0 radical (unpaired) electrons. The van der Waals surface area contributed by atoms with E-state index < -0.39 is 10.0 Å². The van der Waals surface area contributed by atoms with Crippen LogP contribution in [0.4, 0.5) is 5.69 Å². The molecule has 2 aromatic heterocycles. The van der Waals surface area contributed by atoms with Gasteiger partial charge in [0, 0.05) is 9.75 Å². The lowest BCUT2D eigenvalue weighted by atomic mass is 10.1. The summed E-state index contributed by atoms with van der Waals surface area (Å²) >= 11 is 1.67. The maximum absolute atomic E-state index is 12.6. The SMILES string of the molecule is COc1ccc(S(=O)(=O)Nc2cc(-c3ccc(C)s3)ccc2C)nc1. The Kier molecular flexibility index (Phi) is 4.78. The van der Waals surface area contributed by atoms with Gasteiger partial charge < -0.3 is 4.74 Å². The first-order valence-electron chi connectivity index (χ1n) is 7.59. The van der Waals surface area contributed by atoms with Gasteiger partial charge in [0.1, 0.15) is 5.75 Å².